The minimum absolute atomic E-state index is 0.0466. The number of carbonyl (C=O) groups excluding carboxylic acids is 1. The normalized spacial score (nSPS) is 14.6. The predicted octanol–water partition coefficient (Wildman–Crippen LogP) is 5.10. The number of carboxylic acids is 1. The molecular formula is C28H29ClF2N2O5. The summed E-state index contributed by atoms with van der Waals surface area (Å²) in [5, 5.41) is 19.1. The Morgan fingerprint density at radius 3 is 2.37 bits per heavy atom. The van der Waals surface area contributed by atoms with Crippen LogP contribution in [0.2, 0.25) is 5.02 Å². The topological polar surface area (TPSA) is 99.8 Å². The molecule has 1 aliphatic rings. The minimum atomic E-state index is -1.40. The molecule has 0 unspecified atom stereocenters. The number of halogens is 3. The number of aryl methyl sites for hydroxylation is 1. The van der Waals surface area contributed by atoms with Gasteiger partial charge in [-0.05, 0) is 53.6 Å². The van der Waals surface area contributed by atoms with E-state index in [0.29, 0.717) is 30.5 Å². The number of rotatable bonds is 8. The van der Waals surface area contributed by atoms with Crippen LogP contribution < -0.4 is 10.3 Å². The number of aliphatic hydroxyl groups is 1. The number of carboxylic acid groups (broad SMARTS) is 1. The van der Waals surface area contributed by atoms with Crippen molar-refractivity contribution >= 4 is 40.1 Å². The molecule has 0 bridgehead atoms. The molecule has 0 aliphatic carbocycles. The third-order valence-electron chi connectivity index (χ3n) is 7.23. The van der Waals surface area contributed by atoms with E-state index in [4.69, 9.17) is 11.6 Å². The summed E-state index contributed by atoms with van der Waals surface area (Å²) in [7, 11) is 0. The van der Waals surface area contributed by atoms with Crippen molar-refractivity contribution in [2.75, 3.05) is 18.1 Å². The molecule has 1 aliphatic heterocycles. The van der Waals surface area contributed by atoms with Gasteiger partial charge in [0.05, 0.1) is 23.9 Å². The number of aromatic nitrogens is 1. The summed E-state index contributed by atoms with van der Waals surface area (Å²) in [4.78, 5) is 38.6. The van der Waals surface area contributed by atoms with E-state index in [0.717, 1.165) is 5.56 Å². The lowest BCUT2D eigenvalue weighted by Crippen LogP contribution is -2.26. The van der Waals surface area contributed by atoms with E-state index in [1.165, 1.54) is 23.2 Å². The quantitative estimate of drug-likeness (QED) is 0.383. The van der Waals surface area contributed by atoms with E-state index in [1.54, 1.807) is 10.6 Å². The molecule has 202 valence electrons. The summed E-state index contributed by atoms with van der Waals surface area (Å²) in [5.74, 6) is -3.71. The van der Waals surface area contributed by atoms with E-state index in [-0.39, 0.29) is 47.9 Å². The second-order valence-electron chi connectivity index (χ2n) is 9.89. The van der Waals surface area contributed by atoms with Gasteiger partial charge in [-0.15, -0.1) is 0 Å². The first-order chi connectivity index (χ1) is 18.0. The molecule has 2 aromatic carbocycles. The molecule has 7 nitrogen and oxygen atoms in total. The number of benzene rings is 2. The van der Waals surface area contributed by atoms with Gasteiger partial charge < -0.3 is 19.7 Å². The fourth-order valence-corrected chi connectivity index (χ4v) is 5.32. The van der Waals surface area contributed by atoms with Crippen LogP contribution in [0.4, 0.5) is 14.5 Å². The van der Waals surface area contributed by atoms with Crippen LogP contribution in [-0.2, 0) is 17.6 Å². The second kappa shape index (κ2) is 10.8. The number of anilines is 1. The Balaban J connectivity index is 1.94. The molecule has 4 rings (SSSR count). The first-order valence-corrected chi connectivity index (χ1v) is 12.9. The van der Waals surface area contributed by atoms with Crippen LogP contribution in [0.1, 0.15) is 66.7 Å². The first-order valence-electron chi connectivity index (χ1n) is 12.5. The van der Waals surface area contributed by atoms with E-state index >= 15 is 4.39 Å². The van der Waals surface area contributed by atoms with E-state index in [1.807, 2.05) is 20.8 Å². The van der Waals surface area contributed by atoms with Crippen LogP contribution >= 0.6 is 11.6 Å². The van der Waals surface area contributed by atoms with Gasteiger partial charge in [-0.2, -0.15) is 0 Å². The van der Waals surface area contributed by atoms with E-state index in [9.17, 15) is 29.0 Å². The zero-order valence-corrected chi connectivity index (χ0v) is 22.1. The Morgan fingerprint density at radius 2 is 1.82 bits per heavy atom. The maximum atomic E-state index is 15.2. The number of nitrogens with zero attached hydrogens (tertiary/aromatic N) is 2. The van der Waals surface area contributed by atoms with Crippen molar-refractivity contribution in [1.82, 2.24) is 4.57 Å². The fraction of sp³-hybridized carbons (Fsp3) is 0.393. The number of hydrogen-bond donors (Lipinski definition) is 2. The van der Waals surface area contributed by atoms with Gasteiger partial charge >= 0.3 is 5.97 Å². The molecule has 2 heterocycles. The summed E-state index contributed by atoms with van der Waals surface area (Å²) >= 11 is 6.00. The molecule has 10 heteroatoms. The highest BCUT2D eigenvalue weighted by Crippen LogP contribution is 2.35. The van der Waals surface area contributed by atoms with Gasteiger partial charge in [-0.3, -0.25) is 9.59 Å². The van der Waals surface area contributed by atoms with Gasteiger partial charge in [0.2, 0.25) is 11.3 Å². The SMILES string of the molecule is CCc1cc2c(cc1Cc1cc(N3CCCC3=O)c(F)c(Cl)c1F)c(=O)c(C(=O)O)cn2[C@H](CO)C(C)C. The lowest BCUT2D eigenvalue weighted by atomic mass is 9.94. The smallest absolute Gasteiger partial charge is 0.341 e. The Labute approximate surface area is 223 Å². The van der Waals surface area contributed by atoms with Crippen LogP contribution in [0, 0.1) is 17.6 Å². The van der Waals surface area contributed by atoms with Crippen LogP contribution in [0.25, 0.3) is 10.9 Å². The zero-order valence-electron chi connectivity index (χ0n) is 21.4. The van der Waals surface area contributed by atoms with Gasteiger partial charge in [0.1, 0.15) is 16.4 Å². The van der Waals surface area contributed by atoms with Gasteiger partial charge in [-0.1, -0.05) is 32.4 Å². The molecule has 0 spiro atoms. The van der Waals surface area contributed by atoms with Crippen molar-refractivity contribution in [3.63, 3.8) is 0 Å². The van der Waals surface area contributed by atoms with Gasteiger partial charge in [0.15, 0.2) is 5.82 Å². The van der Waals surface area contributed by atoms with Crippen molar-refractivity contribution < 1.29 is 28.6 Å². The minimum Gasteiger partial charge on any atom is -0.477 e. The van der Waals surface area contributed by atoms with Crippen LogP contribution in [-0.4, -0.2) is 39.8 Å². The number of amides is 1. The van der Waals surface area contributed by atoms with Crippen molar-refractivity contribution in [3.8, 4) is 0 Å². The highest BCUT2D eigenvalue weighted by molar-refractivity contribution is 6.31. The van der Waals surface area contributed by atoms with Gasteiger partial charge in [-0.25, -0.2) is 13.6 Å². The summed E-state index contributed by atoms with van der Waals surface area (Å²) in [6.07, 6.45) is 2.50. The third kappa shape index (κ3) is 4.80. The molecule has 0 radical (unpaired) electrons. The largest absolute Gasteiger partial charge is 0.477 e. The second-order valence-corrected chi connectivity index (χ2v) is 10.3. The summed E-state index contributed by atoms with van der Waals surface area (Å²) < 4.78 is 31.6. The number of pyridine rings is 1. The lowest BCUT2D eigenvalue weighted by Gasteiger charge is -2.25. The number of carbonyl (C=O) groups is 2. The highest BCUT2D eigenvalue weighted by atomic mass is 35.5. The molecule has 2 N–H and O–H groups in total. The maximum Gasteiger partial charge on any atom is 0.341 e. The summed E-state index contributed by atoms with van der Waals surface area (Å²) in [6, 6.07) is 4.07. The molecule has 0 saturated carbocycles. The summed E-state index contributed by atoms with van der Waals surface area (Å²) in [6.45, 7) is 5.67. The Hall–Kier alpha value is -3.30. The third-order valence-corrected chi connectivity index (χ3v) is 7.56. The Morgan fingerprint density at radius 1 is 1.11 bits per heavy atom. The molecule has 38 heavy (non-hydrogen) atoms. The monoisotopic (exact) mass is 546 g/mol. The van der Waals surface area contributed by atoms with Crippen molar-refractivity contribution in [3.05, 3.63) is 73.5 Å². The number of aliphatic hydroxyl groups excluding tert-OH is 1. The molecule has 1 atom stereocenters. The van der Waals surface area contributed by atoms with Crippen LogP contribution in [0.5, 0.6) is 0 Å². The fourth-order valence-electron chi connectivity index (χ4n) is 5.10. The van der Waals surface area contributed by atoms with Crippen molar-refractivity contribution in [2.24, 2.45) is 5.92 Å². The Bertz CT molecular complexity index is 1500. The van der Waals surface area contributed by atoms with E-state index < -0.39 is 39.7 Å². The average Bonchev–Trinajstić information content (AvgIpc) is 3.30. The van der Waals surface area contributed by atoms with Crippen molar-refractivity contribution in [1.29, 1.82) is 0 Å². The predicted molar refractivity (Wildman–Crippen MR) is 141 cm³/mol. The van der Waals surface area contributed by atoms with Crippen LogP contribution in [0.15, 0.2) is 29.2 Å². The Kier molecular flexibility index (Phi) is 7.90. The molecular weight excluding hydrogens is 518 g/mol. The highest BCUT2D eigenvalue weighted by Gasteiger charge is 2.28. The zero-order chi connectivity index (χ0) is 27.9. The number of fused-ring (bicyclic) bond motifs is 1. The summed E-state index contributed by atoms with van der Waals surface area (Å²) in [5.41, 5.74) is 0.557. The van der Waals surface area contributed by atoms with Gasteiger partial charge in [0.25, 0.3) is 0 Å². The molecule has 1 fully saturated rings. The molecule has 1 saturated heterocycles. The maximum absolute atomic E-state index is 15.2. The standard InChI is InChI=1S/C28H29ClF2N2O5/c1-4-15-10-20-18(27(36)19(28(37)38)12-33(20)22(13-34)14(2)3)9-16(15)8-17-11-21(26(31)24(29)25(17)30)32-7-5-6-23(32)35/h9-12,14,22,34H,4-8,13H2,1-3H3,(H,37,38)/t22-/m1/s1. The number of aromatic carboxylic acids is 1. The van der Waals surface area contributed by atoms with E-state index in [2.05, 4.69) is 0 Å². The van der Waals surface area contributed by atoms with Crippen LogP contribution in [0.3, 0.4) is 0 Å². The van der Waals surface area contributed by atoms with Crippen molar-refractivity contribution in [2.45, 2.75) is 52.5 Å². The lowest BCUT2D eigenvalue weighted by molar-refractivity contribution is -0.117. The van der Waals surface area contributed by atoms with Gasteiger partial charge in [0, 0.05) is 31.0 Å². The first kappa shape index (κ1) is 27.7. The average molecular weight is 547 g/mol. The molecule has 1 amide bonds. The number of hydrogen-bond acceptors (Lipinski definition) is 4. The molecule has 3 aromatic rings. The molecule has 1 aromatic heterocycles.